The van der Waals surface area contributed by atoms with E-state index in [0.717, 1.165) is 5.92 Å². The maximum absolute atomic E-state index is 2.39. The fraction of sp³-hybridized carbons (Fsp3) is 0.818. The lowest BCUT2D eigenvalue weighted by Crippen LogP contribution is -2.07. The van der Waals surface area contributed by atoms with Crippen LogP contribution in [0.1, 0.15) is 48.0 Å². The third-order valence-electron chi connectivity index (χ3n) is 2.36. The Kier molecular flexibility index (Phi) is 3.85. The van der Waals surface area contributed by atoms with Crippen molar-refractivity contribution in [2.45, 2.75) is 48.0 Å². The fourth-order valence-electron chi connectivity index (χ4n) is 0.795. The number of hydrogen-bond donors (Lipinski definition) is 0. The summed E-state index contributed by atoms with van der Waals surface area (Å²) in [5.41, 5.74) is 1.86. The molecule has 0 aromatic carbocycles. The molecule has 0 spiro atoms. The minimum atomic E-state index is 0.351. The van der Waals surface area contributed by atoms with Crippen LogP contribution < -0.4 is 0 Å². The molecule has 0 heterocycles. The van der Waals surface area contributed by atoms with Crippen molar-refractivity contribution in [1.29, 1.82) is 0 Å². The van der Waals surface area contributed by atoms with Gasteiger partial charge >= 0.3 is 0 Å². The first kappa shape index (κ1) is 10.7. The van der Waals surface area contributed by atoms with Gasteiger partial charge in [-0.2, -0.15) is 0 Å². The summed E-state index contributed by atoms with van der Waals surface area (Å²) in [7, 11) is 0. The summed E-state index contributed by atoms with van der Waals surface area (Å²) in [6.07, 6.45) is 3.63. The summed E-state index contributed by atoms with van der Waals surface area (Å²) >= 11 is 0. The second-order valence-electron chi connectivity index (χ2n) is 4.49. The van der Waals surface area contributed by atoms with Crippen molar-refractivity contribution in [3.63, 3.8) is 0 Å². The Bertz CT molecular complexity index is 135. The van der Waals surface area contributed by atoms with Gasteiger partial charge in [0, 0.05) is 0 Å². The van der Waals surface area contributed by atoms with Gasteiger partial charge in [0.05, 0.1) is 0 Å². The zero-order valence-corrected chi connectivity index (χ0v) is 8.86. The van der Waals surface area contributed by atoms with Gasteiger partial charge in [-0.3, -0.25) is 0 Å². The number of rotatable bonds is 2. The molecule has 0 radical (unpaired) electrons. The highest BCUT2D eigenvalue weighted by atomic mass is 14.2. The molecule has 0 fully saturated rings. The van der Waals surface area contributed by atoms with Gasteiger partial charge in [0.25, 0.3) is 0 Å². The third kappa shape index (κ3) is 4.23. The Morgan fingerprint density at radius 2 is 1.82 bits per heavy atom. The summed E-state index contributed by atoms with van der Waals surface area (Å²) < 4.78 is 0. The highest BCUT2D eigenvalue weighted by Gasteiger charge is 2.12. The molecule has 0 N–H and O–H groups in total. The minimum absolute atomic E-state index is 0.351. The van der Waals surface area contributed by atoms with Crippen LogP contribution in [-0.2, 0) is 0 Å². The van der Waals surface area contributed by atoms with Crippen LogP contribution in [0.3, 0.4) is 0 Å². The van der Waals surface area contributed by atoms with Gasteiger partial charge in [-0.05, 0) is 18.3 Å². The van der Waals surface area contributed by atoms with Crippen LogP contribution in [-0.4, -0.2) is 0 Å². The highest BCUT2D eigenvalue weighted by Crippen LogP contribution is 2.25. The van der Waals surface area contributed by atoms with Crippen LogP contribution in [0.5, 0.6) is 0 Å². The zero-order chi connectivity index (χ0) is 9.07. The SMILES string of the molecule is CCC(C)/C=C(\C)C(C)(C)C. The van der Waals surface area contributed by atoms with E-state index < -0.39 is 0 Å². The van der Waals surface area contributed by atoms with Crippen molar-refractivity contribution in [2.24, 2.45) is 11.3 Å². The van der Waals surface area contributed by atoms with E-state index in [0.29, 0.717) is 5.41 Å². The Balaban J connectivity index is 4.22. The predicted octanol–water partition coefficient (Wildman–Crippen LogP) is 4.02. The normalized spacial score (nSPS) is 16.7. The van der Waals surface area contributed by atoms with Gasteiger partial charge in [0.15, 0.2) is 0 Å². The van der Waals surface area contributed by atoms with E-state index in [9.17, 15) is 0 Å². The van der Waals surface area contributed by atoms with Crippen molar-refractivity contribution in [1.82, 2.24) is 0 Å². The Morgan fingerprint density at radius 1 is 1.36 bits per heavy atom. The molecule has 0 aromatic heterocycles. The zero-order valence-electron chi connectivity index (χ0n) is 8.86. The van der Waals surface area contributed by atoms with Crippen LogP contribution in [0.4, 0.5) is 0 Å². The first-order valence-corrected chi connectivity index (χ1v) is 4.56. The molecule has 0 aliphatic carbocycles. The number of hydrogen-bond acceptors (Lipinski definition) is 0. The molecule has 1 unspecified atom stereocenters. The maximum Gasteiger partial charge on any atom is -0.0176 e. The minimum Gasteiger partial charge on any atom is -0.0822 e. The topological polar surface area (TPSA) is 0 Å². The molecule has 0 saturated carbocycles. The van der Waals surface area contributed by atoms with Crippen LogP contribution in [0.25, 0.3) is 0 Å². The van der Waals surface area contributed by atoms with Gasteiger partial charge in [0.1, 0.15) is 0 Å². The quantitative estimate of drug-likeness (QED) is 0.527. The first-order valence-electron chi connectivity index (χ1n) is 4.56. The Labute approximate surface area is 71.7 Å². The van der Waals surface area contributed by atoms with Gasteiger partial charge in [-0.15, -0.1) is 0 Å². The average Bonchev–Trinajstić information content (AvgIpc) is 1.85. The van der Waals surface area contributed by atoms with Gasteiger partial charge in [-0.1, -0.05) is 52.7 Å². The molecule has 0 heteroatoms. The molecule has 0 bridgehead atoms. The van der Waals surface area contributed by atoms with E-state index in [2.05, 4.69) is 47.6 Å². The maximum atomic E-state index is 2.39. The fourth-order valence-corrected chi connectivity index (χ4v) is 0.795. The molecule has 0 saturated heterocycles. The molecule has 0 nitrogen and oxygen atoms in total. The summed E-state index contributed by atoms with van der Waals surface area (Å²) in [5, 5.41) is 0. The van der Waals surface area contributed by atoms with E-state index in [-0.39, 0.29) is 0 Å². The van der Waals surface area contributed by atoms with Gasteiger partial charge in [-0.25, -0.2) is 0 Å². The van der Waals surface area contributed by atoms with Crippen molar-refractivity contribution < 1.29 is 0 Å². The van der Waals surface area contributed by atoms with Crippen LogP contribution in [0.2, 0.25) is 0 Å². The Morgan fingerprint density at radius 3 is 2.09 bits per heavy atom. The lowest BCUT2D eigenvalue weighted by atomic mass is 9.85. The van der Waals surface area contributed by atoms with Crippen molar-refractivity contribution in [3.8, 4) is 0 Å². The molecule has 1 atom stereocenters. The second kappa shape index (κ2) is 3.94. The first-order chi connectivity index (χ1) is 4.88. The molecule has 11 heavy (non-hydrogen) atoms. The van der Waals surface area contributed by atoms with Crippen LogP contribution in [0.15, 0.2) is 11.6 Å². The molecule has 0 amide bonds. The molecule has 66 valence electrons. The largest absolute Gasteiger partial charge is 0.0822 e. The smallest absolute Gasteiger partial charge is 0.0176 e. The van der Waals surface area contributed by atoms with Crippen LogP contribution in [0, 0.1) is 11.3 Å². The summed E-state index contributed by atoms with van der Waals surface area (Å²) in [4.78, 5) is 0. The third-order valence-corrected chi connectivity index (χ3v) is 2.36. The van der Waals surface area contributed by atoms with Crippen molar-refractivity contribution >= 4 is 0 Å². The molecule has 0 aliphatic rings. The van der Waals surface area contributed by atoms with E-state index in [4.69, 9.17) is 0 Å². The lowest BCUT2D eigenvalue weighted by Gasteiger charge is -2.20. The van der Waals surface area contributed by atoms with Crippen LogP contribution >= 0.6 is 0 Å². The Hall–Kier alpha value is -0.260. The standard InChI is InChI=1S/C11H22/c1-7-9(2)8-10(3)11(4,5)6/h8-9H,7H2,1-6H3/b10-8+. The van der Waals surface area contributed by atoms with Gasteiger partial charge in [0.2, 0.25) is 0 Å². The average molecular weight is 154 g/mol. The number of allylic oxidation sites excluding steroid dienone is 2. The lowest BCUT2D eigenvalue weighted by molar-refractivity contribution is 0.494. The second-order valence-corrected chi connectivity index (χ2v) is 4.49. The van der Waals surface area contributed by atoms with Crippen molar-refractivity contribution in [3.05, 3.63) is 11.6 Å². The predicted molar refractivity (Wildman–Crippen MR) is 52.7 cm³/mol. The molecule has 0 aromatic rings. The van der Waals surface area contributed by atoms with E-state index in [1.54, 1.807) is 0 Å². The molecular weight excluding hydrogens is 132 g/mol. The molecule has 0 rings (SSSR count). The molecular formula is C11H22. The monoisotopic (exact) mass is 154 g/mol. The van der Waals surface area contributed by atoms with E-state index in [1.165, 1.54) is 12.0 Å². The van der Waals surface area contributed by atoms with Gasteiger partial charge < -0.3 is 0 Å². The van der Waals surface area contributed by atoms with Crippen molar-refractivity contribution in [2.75, 3.05) is 0 Å². The van der Waals surface area contributed by atoms with E-state index >= 15 is 0 Å². The summed E-state index contributed by atoms with van der Waals surface area (Å²) in [5.74, 6) is 0.731. The molecule has 0 aliphatic heterocycles. The summed E-state index contributed by atoms with van der Waals surface area (Å²) in [6.45, 7) is 13.5. The highest BCUT2D eigenvalue weighted by molar-refractivity contribution is 5.08. The van der Waals surface area contributed by atoms with E-state index in [1.807, 2.05) is 0 Å². The summed E-state index contributed by atoms with van der Waals surface area (Å²) in [6, 6.07) is 0.